The third-order valence-electron chi connectivity index (χ3n) is 0.537. The van der Waals surface area contributed by atoms with Crippen molar-refractivity contribution in [2.45, 2.75) is 6.92 Å². The second-order valence-corrected chi connectivity index (χ2v) is 1.11. The molecular weight excluding hydrogens is 104 g/mol. The number of hydrogen-bond acceptors (Lipinski definition) is 2. The smallest absolute Gasteiger partial charge is 0.145 e. The normalized spacial score (nSPS) is 7.12. The number of aldehydes is 1. The van der Waals surface area contributed by atoms with E-state index in [2.05, 4.69) is 16.6 Å². The van der Waals surface area contributed by atoms with Gasteiger partial charge < -0.3 is 9.53 Å². The largest absolute Gasteiger partial charge is 0.361 e. The maximum atomic E-state index is 9.59. The van der Waals surface area contributed by atoms with Crippen molar-refractivity contribution in [2.24, 2.45) is 0 Å². The predicted octanol–water partition coefficient (Wildman–Crippen LogP) is 0.225. The van der Waals surface area contributed by atoms with E-state index in [1.165, 1.54) is 0 Å². The minimum absolute atomic E-state index is 0.147. The number of hydrogen-bond donors (Lipinski definition) is 0. The highest BCUT2D eigenvalue weighted by Gasteiger charge is 1.75. The lowest BCUT2D eigenvalue weighted by atomic mass is 10.6. The zero-order chi connectivity index (χ0) is 6.24. The maximum absolute atomic E-state index is 9.59. The summed E-state index contributed by atoms with van der Waals surface area (Å²) in [5.74, 6) is 5.29. The zero-order valence-corrected chi connectivity index (χ0v) is 4.81. The van der Waals surface area contributed by atoms with Crippen LogP contribution in [0.2, 0.25) is 0 Å². The van der Waals surface area contributed by atoms with Gasteiger partial charge in [0.1, 0.15) is 19.5 Å². The van der Waals surface area contributed by atoms with Gasteiger partial charge in [0.25, 0.3) is 0 Å². The summed E-state index contributed by atoms with van der Waals surface area (Å²) in [6, 6.07) is 0. The van der Waals surface area contributed by atoms with Crippen molar-refractivity contribution >= 4 is 6.29 Å². The highest BCUT2D eigenvalue weighted by atomic mass is 16.5. The van der Waals surface area contributed by atoms with Crippen molar-refractivity contribution < 1.29 is 9.53 Å². The molecule has 0 spiro atoms. The third kappa shape index (κ3) is 5.19. The fourth-order valence-corrected chi connectivity index (χ4v) is 0.230. The van der Waals surface area contributed by atoms with Gasteiger partial charge in [-0.3, -0.25) is 0 Å². The molecule has 0 rings (SSSR count). The first-order valence-corrected chi connectivity index (χ1v) is 2.32. The first-order valence-electron chi connectivity index (χ1n) is 2.32. The van der Waals surface area contributed by atoms with E-state index in [9.17, 15) is 4.79 Å². The second-order valence-electron chi connectivity index (χ2n) is 1.11. The van der Waals surface area contributed by atoms with Gasteiger partial charge in [-0.25, -0.2) is 0 Å². The molecule has 8 heavy (non-hydrogen) atoms. The van der Waals surface area contributed by atoms with Crippen LogP contribution < -0.4 is 0 Å². The fraction of sp³-hybridized carbons (Fsp3) is 0.500. The zero-order valence-electron chi connectivity index (χ0n) is 4.81. The molecule has 0 aromatic carbocycles. The van der Waals surface area contributed by atoms with E-state index >= 15 is 0 Å². The summed E-state index contributed by atoms with van der Waals surface area (Å²) >= 11 is 0. The number of ether oxygens (including phenoxy) is 1. The van der Waals surface area contributed by atoms with Crippen molar-refractivity contribution in [3.63, 3.8) is 0 Å². The molecule has 0 saturated heterocycles. The summed E-state index contributed by atoms with van der Waals surface area (Å²) < 4.78 is 4.68. The number of rotatable bonds is 3. The average Bonchev–Trinajstić information content (AvgIpc) is 1.81. The Morgan fingerprint density at radius 2 is 2.50 bits per heavy atom. The molecule has 0 radical (unpaired) electrons. The van der Waals surface area contributed by atoms with E-state index in [1.807, 2.05) is 0 Å². The van der Waals surface area contributed by atoms with Crippen molar-refractivity contribution in [2.75, 3.05) is 13.2 Å². The Bertz CT molecular complexity index is 107. The summed E-state index contributed by atoms with van der Waals surface area (Å²) in [4.78, 5) is 9.59. The molecule has 2 nitrogen and oxygen atoms in total. The van der Waals surface area contributed by atoms with Crippen LogP contribution in [0.4, 0.5) is 0 Å². The van der Waals surface area contributed by atoms with Crippen molar-refractivity contribution in [1.82, 2.24) is 0 Å². The molecule has 0 bridgehead atoms. The lowest BCUT2D eigenvalue weighted by Gasteiger charge is -1.86. The van der Waals surface area contributed by atoms with E-state index in [0.29, 0.717) is 12.9 Å². The third-order valence-corrected chi connectivity index (χ3v) is 0.537. The van der Waals surface area contributed by atoms with E-state index in [-0.39, 0.29) is 6.61 Å². The Morgan fingerprint density at radius 3 is 3.00 bits per heavy atom. The van der Waals surface area contributed by atoms with Crippen LogP contribution in [0.25, 0.3) is 0 Å². The molecule has 0 aromatic rings. The van der Waals surface area contributed by atoms with E-state index in [4.69, 9.17) is 0 Å². The molecular formula is C6H8O2. The van der Waals surface area contributed by atoms with Gasteiger partial charge in [-0.15, -0.1) is 5.92 Å². The molecule has 0 atom stereocenters. The Labute approximate surface area is 48.8 Å². The summed E-state index contributed by atoms with van der Waals surface area (Å²) in [6.07, 6.45) is 0.706. The second kappa shape index (κ2) is 6.19. The highest BCUT2D eigenvalue weighted by molar-refractivity contribution is 5.50. The monoisotopic (exact) mass is 112 g/mol. The predicted molar refractivity (Wildman–Crippen MR) is 30.3 cm³/mol. The summed E-state index contributed by atoms with van der Waals surface area (Å²) in [7, 11) is 0. The molecule has 0 aromatic heterocycles. The molecule has 0 unspecified atom stereocenters. The van der Waals surface area contributed by atoms with Gasteiger partial charge in [-0.05, 0) is 6.92 Å². The lowest BCUT2D eigenvalue weighted by molar-refractivity contribution is -0.111. The van der Waals surface area contributed by atoms with Crippen LogP contribution in [0.5, 0.6) is 0 Å². The van der Waals surface area contributed by atoms with Gasteiger partial charge in [0.05, 0.1) is 0 Å². The first kappa shape index (κ1) is 7.19. The minimum atomic E-state index is 0.147. The SMILES string of the molecule is CC#CCOCC=O. The molecule has 2 heteroatoms. The van der Waals surface area contributed by atoms with Crippen LogP contribution in [0.15, 0.2) is 0 Å². The van der Waals surface area contributed by atoms with Gasteiger partial charge in [-0.1, -0.05) is 5.92 Å². The van der Waals surface area contributed by atoms with E-state index in [0.717, 1.165) is 0 Å². The van der Waals surface area contributed by atoms with Crippen LogP contribution >= 0.6 is 0 Å². The average molecular weight is 112 g/mol. The number of carbonyl (C=O) groups excluding carboxylic acids is 1. The van der Waals surface area contributed by atoms with Crippen LogP contribution in [0, 0.1) is 11.8 Å². The molecule has 0 aliphatic rings. The molecule has 0 saturated carbocycles. The van der Waals surface area contributed by atoms with Crippen molar-refractivity contribution in [3.05, 3.63) is 0 Å². The molecule has 0 fully saturated rings. The quantitative estimate of drug-likeness (QED) is 0.296. The molecule has 0 aliphatic heterocycles. The lowest BCUT2D eigenvalue weighted by Crippen LogP contribution is -1.93. The Kier molecular flexibility index (Phi) is 5.56. The molecule has 0 aliphatic carbocycles. The summed E-state index contributed by atoms with van der Waals surface area (Å²) in [5.41, 5.74) is 0. The van der Waals surface area contributed by atoms with Crippen LogP contribution in [-0.4, -0.2) is 19.5 Å². The Hall–Kier alpha value is -0.810. The van der Waals surface area contributed by atoms with E-state index < -0.39 is 0 Å². The van der Waals surface area contributed by atoms with Gasteiger partial charge >= 0.3 is 0 Å². The summed E-state index contributed by atoms with van der Waals surface area (Å²) in [5, 5.41) is 0. The molecule has 0 N–H and O–H groups in total. The summed E-state index contributed by atoms with van der Waals surface area (Å²) in [6.45, 7) is 2.23. The molecule has 44 valence electrons. The van der Waals surface area contributed by atoms with Gasteiger partial charge in [-0.2, -0.15) is 0 Å². The maximum Gasteiger partial charge on any atom is 0.145 e. The first-order chi connectivity index (χ1) is 3.91. The number of carbonyl (C=O) groups is 1. The molecule has 0 amide bonds. The van der Waals surface area contributed by atoms with Crippen LogP contribution in [0.3, 0.4) is 0 Å². The molecule has 0 heterocycles. The van der Waals surface area contributed by atoms with Crippen LogP contribution in [-0.2, 0) is 9.53 Å². The Balaban J connectivity index is 2.89. The van der Waals surface area contributed by atoms with Crippen molar-refractivity contribution in [1.29, 1.82) is 0 Å². The van der Waals surface area contributed by atoms with Crippen LogP contribution in [0.1, 0.15) is 6.92 Å². The van der Waals surface area contributed by atoms with E-state index in [1.54, 1.807) is 6.92 Å². The Morgan fingerprint density at radius 1 is 1.75 bits per heavy atom. The minimum Gasteiger partial charge on any atom is -0.361 e. The van der Waals surface area contributed by atoms with Gasteiger partial charge in [0.2, 0.25) is 0 Å². The highest BCUT2D eigenvalue weighted by Crippen LogP contribution is 1.65. The van der Waals surface area contributed by atoms with Gasteiger partial charge in [0.15, 0.2) is 0 Å². The topological polar surface area (TPSA) is 26.3 Å². The fourth-order valence-electron chi connectivity index (χ4n) is 0.230. The van der Waals surface area contributed by atoms with Gasteiger partial charge in [0, 0.05) is 0 Å². The standard InChI is InChI=1S/C6H8O2/c1-2-3-5-8-6-4-7/h4H,5-6H2,1H3. The van der Waals surface area contributed by atoms with Crippen molar-refractivity contribution in [3.8, 4) is 11.8 Å².